The van der Waals surface area contributed by atoms with E-state index in [0.717, 1.165) is 0 Å². The van der Waals surface area contributed by atoms with Crippen molar-refractivity contribution in [2.45, 2.75) is 82.1 Å². The average molecular weight is 529 g/mol. The quantitative estimate of drug-likeness (QED) is 0.294. The van der Waals surface area contributed by atoms with Gasteiger partial charge in [-0.2, -0.15) is 0 Å². The number of carbonyl (C=O) groups excluding carboxylic acids is 3. The van der Waals surface area contributed by atoms with Crippen molar-refractivity contribution in [3.05, 3.63) is 12.7 Å². The Hall–Kier alpha value is -1.45. The Labute approximate surface area is 204 Å². The third-order valence-electron chi connectivity index (χ3n) is 7.22. The second kappa shape index (κ2) is 9.30. The second-order valence-electron chi connectivity index (χ2n) is 10.6. The first kappa shape index (κ1) is 26.2. The lowest BCUT2D eigenvalue weighted by atomic mass is 9.70. The van der Waals surface area contributed by atoms with Gasteiger partial charge in [0.2, 0.25) is 11.8 Å². The molecule has 3 aliphatic rings. The molecule has 2 bridgehead atoms. The minimum Gasteiger partial charge on any atom is -0.466 e. The highest BCUT2D eigenvalue weighted by atomic mass is 79.9. The zero-order valence-corrected chi connectivity index (χ0v) is 22.0. The molecule has 7 atom stereocenters. The van der Waals surface area contributed by atoms with E-state index in [0.29, 0.717) is 13.0 Å². The molecule has 0 aromatic rings. The summed E-state index contributed by atoms with van der Waals surface area (Å²) in [6.45, 7) is 15.3. The van der Waals surface area contributed by atoms with Crippen molar-refractivity contribution in [1.82, 2.24) is 9.80 Å². The summed E-state index contributed by atoms with van der Waals surface area (Å²) in [5.74, 6) is -2.81. The van der Waals surface area contributed by atoms with Crippen molar-refractivity contribution in [2.75, 3.05) is 19.8 Å². The van der Waals surface area contributed by atoms with Crippen LogP contribution in [0.3, 0.4) is 0 Å². The van der Waals surface area contributed by atoms with E-state index in [1.807, 2.05) is 34.6 Å². The predicted octanol–water partition coefficient (Wildman–Crippen LogP) is 2.13. The molecule has 8 nitrogen and oxygen atoms in total. The lowest BCUT2D eigenvalue weighted by Crippen LogP contribution is -2.62. The fraction of sp³-hybridized carbons (Fsp3) is 0.792. The zero-order valence-electron chi connectivity index (χ0n) is 20.4. The summed E-state index contributed by atoms with van der Waals surface area (Å²) in [7, 11) is 0. The van der Waals surface area contributed by atoms with Crippen LogP contribution in [-0.4, -0.2) is 86.6 Å². The molecule has 9 heteroatoms. The molecule has 0 aromatic heterocycles. The number of carbonyl (C=O) groups is 3. The molecule has 33 heavy (non-hydrogen) atoms. The standard InChI is InChI=1S/C24H37BrN2O6/c1-8-10-26(23(5,6)7)21(30)19-24-11-14(25)18(33-24)16(22(31)32-9-2)17(24)20(29)27(19)15(12-28)13(3)4/h8,13-19,28H,1,9-12H2,2-7H3/t14?,15-,16-,17+,18-,19-,24+/m0/s1. The number of likely N-dealkylation sites (tertiary alicyclic amines) is 1. The van der Waals surface area contributed by atoms with Crippen molar-refractivity contribution in [3.8, 4) is 0 Å². The molecule has 1 unspecified atom stereocenters. The van der Waals surface area contributed by atoms with E-state index >= 15 is 0 Å². The van der Waals surface area contributed by atoms with E-state index < -0.39 is 47.1 Å². The Morgan fingerprint density at radius 1 is 1.42 bits per heavy atom. The minimum absolute atomic E-state index is 0.107. The summed E-state index contributed by atoms with van der Waals surface area (Å²) in [5, 5.41) is 10.2. The van der Waals surface area contributed by atoms with Gasteiger partial charge in [-0.05, 0) is 40.0 Å². The molecule has 3 saturated heterocycles. The number of hydrogen-bond acceptors (Lipinski definition) is 6. The van der Waals surface area contributed by atoms with E-state index in [1.165, 1.54) is 4.90 Å². The number of fused-ring (bicyclic) bond motifs is 1. The third kappa shape index (κ3) is 4.04. The van der Waals surface area contributed by atoms with Crippen LogP contribution in [0.1, 0.15) is 48.0 Å². The van der Waals surface area contributed by atoms with Crippen LogP contribution in [-0.2, 0) is 23.9 Å². The van der Waals surface area contributed by atoms with Crippen molar-refractivity contribution in [1.29, 1.82) is 0 Å². The van der Waals surface area contributed by atoms with Crippen molar-refractivity contribution < 1.29 is 29.0 Å². The molecule has 3 aliphatic heterocycles. The van der Waals surface area contributed by atoms with Gasteiger partial charge in [0.05, 0.1) is 37.2 Å². The number of alkyl halides is 1. The number of aliphatic hydroxyl groups excluding tert-OH is 1. The van der Waals surface area contributed by atoms with Gasteiger partial charge in [0.25, 0.3) is 0 Å². The number of nitrogens with zero attached hydrogens (tertiary/aromatic N) is 2. The third-order valence-corrected chi connectivity index (χ3v) is 8.07. The van der Waals surface area contributed by atoms with Gasteiger partial charge in [0, 0.05) is 16.9 Å². The fourth-order valence-corrected chi connectivity index (χ4v) is 6.75. The molecule has 0 radical (unpaired) electrons. The predicted molar refractivity (Wildman–Crippen MR) is 127 cm³/mol. The minimum atomic E-state index is -1.17. The molecular weight excluding hydrogens is 492 g/mol. The average Bonchev–Trinajstić information content (AvgIpc) is 3.29. The number of aliphatic hydroxyl groups is 1. The van der Waals surface area contributed by atoms with E-state index in [-0.39, 0.29) is 35.8 Å². The summed E-state index contributed by atoms with van der Waals surface area (Å²) in [4.78, 5) is 44.1. The van der Waals surface area contributed by atoms with Crippen LogP contribution in [0.5, 0.6) is 0 Å². The molecule has 1 spiro atoms. The van der Waals surface area contributed by atoms with Gasteiger partial charge in [-0.25, -0.2) is 0 Å². The van der Waals surface area contributed by atoms with Gasteiger partial charge >= 0.3 is 5.97 Å². The Morgan fingerprint density at radius 3 is 2.55 bits per heavy atom. The summed E-state index contributed by atoms with van der Waals surface area (Å²) in [6, 6.07) is -1.55. The first-order valence-corrected chi connectivity index (χ1v) is 12.6. The van der Waals surface area contributed by atoms with E-state index in [9.17, 15) is 19.5 Å². The van der Waals surface area contributed by atoms with Crippen molar-refractivity contribution in [2.24, 2.45) is 17.8 Å². The van der Waals surface area contributed by atoms with Gasteiger partial charge < -0.3 is 24.4 Å². The van der Waals surface area contributed by atoms with Crippen LogP contribution in [0.2, 0.25) is 0 Å². The highest BCUT2D eigenvalue weighted by molar-refractivity contribution is 9.09. The molecule has 0 aliphatic carbocycles. The maximum absolute atomic E-state index is 14.2. The molecule has 3 rings (SSSR count). The van der Waals surface area contributed by atoms with Crippen molar-refractivity contribution >= 4 is 33.7 Å². The molecule has 0 saturated carbocycles. The monoisotopic (exact) mass is 528 g/mol. The highest BCUT2D eigenvalue weighted by Crippen LogP contribution is 2.61. The smallest absolute Gasteiger partial charge is 0.312 e. The fourth-order valence-electron chi connectivity index (χ4n) is 5.80. The second-order valence-corrected chi connectivity index (χ2v) is 11.7. The largest absolute Gasteiger partial charge is 0.466 e. The number of ether oxygens (including phenoxy) is 2. The topological polar surface area (TPSA) is 96.4 Å². The molecular formula is C24H37BrN2O6. The van der Waals surface area contributed by atoms with Gasteiger partial charge in [-0.15, -0.1) is 6.58 Å². The lowest BCUT2D eigenvalue weighted by Gasteiger charge is -2.44. The van der Waals surface area contributed by atoms with Crippen LogP contribution in [0.4, 0.5) is 0 Å². The van der Waals surface area contributed by atoms with Crippen LogP contribution in [0, 0.1) is 17.8 Å². The Morgan fingerprint density at radius 2 is 2.06 bits per heavy atom. The number of halogens is 1. The van der Waals surface area contributed by atoms with E-state index in [2.05, 4.69) is 22.5 Å². The van der Waals surface area contributed by atoms with Gasteiger partial charge in [-0.1, -0.05) is 35.9 Å². The van der Waals surface area contributed by atoms with Crippen LogP contribution >= 0.6 is 15.9 Å². The van der Waals surface area contributed by atoms with Crippen LogP contribution in [0.25, 0.3) is 0 Å². The van der Waals surface area contributed by atoms with Gasteiger partial charge in [0.1, 0.15) is 11.6 Å². The summed E-state index contributed by atoms with van der Waals surface area (Å²) in [5.41, 5.74) is -1.70. The Balaban J connectivity index is 2.18. The lowest BCUT2D eigenvalue weighted by molar-refractivity contribution is -0.158. The Bertz CT molecular complexity index is 811. The zero-order chi connectivity index (χ0) is 24.9. The van der Waals surface area contributed by atoms with Crippen LogP contribution in [0.15, 0.2) is 12.7 Å². The number of rotatable bonds is 8. The molecule has 186 valence electrons. The highest BCUT2D eigenvalue weighted by Gasteiger charge is 2.77. The summed E-state index contributed by atoms with van der Waals surface area (Å²) >= 11 is 3.64. The Kier molecular flexibility index (Phi) is 7.37. The number of hydrogen-bond donors (Lipinski definition) is 1. The molecule has 1 N–H and O–H groups in total. The normalized spacial score (nSPS) is 33.9. The molecule has 3 heterocycles. The maximum Gasteiger partial charge on any atom is 0.312 e. The molecule has 0 aromatic carbocycles. The number of esters is 1. The van der Waals surface area contributed by atoms with E-state index in [4.69, 9.17) is 9.47 Å². The SMILES string of the molecule is C=CCN(C(=O)[C@@H]1N([C@@H](CO)C(C)C)C(=O)[C@H]2[C@H](C(=O)OCC)[C@H]3O[C@@]12CC3Br)C(C)(C)C. The summed E-state index contributed by atoms with van der Waals surface area (Å²) < 4.78 is 11.8. The van der Waals surface area contributed by atoms with E-state index in [1.54, 1.807) is 17.9 Å². The maximum atomic E-state index is 14.2. The summed E-state index contributed by atoms with van der Waals surface area (Å²) in [6.07, 6.45) is 1.52. The molecule has 3 fully saturated rings. The number of amides is 2. The van der Waals surface area contributed by atoms with Gasteiger partial charge in [0.15, 0.2) is 0 Å². The van der Waals surface area contributed by atoms with Gasteiger partial charge in [-0.3, -0.25) is 14.4 Å². The first-order valence-electron chi connectivity index (χ1n) is 11.7. The first-order chi connectivity index (χ1) is 15.4. The van der Waals surface area contributed by atoms with Crippen molar-refractivity contribution in [3.63, 3.8) is 0 Å². The molecule has 2 amide bonds. The van der Waals surface area contributed by atoms with Crippen LogP contribution < -0.4 is 0 Å².